The minimum Gasteiger partial charge on any atom is -0.371 e. The Labute approximate surface area is 167 Å². The van der Waals surface area contributed by atoms with Crippen LogP contribution in [-0.2, 0) is 23.8 Å². The van der Waals surface area contributed by atoms with Crippen molar-refractivity contribution < 1.29 is 22.3 Å². The lowest BCUT2D eigenvalue weighted by Gasteiger charge is -2.32. The second-order valence-corrected chi connectivity index (χ2v) is 7.10. The first-order valence-electron chi connectivity index (χ1n) is 9.34. The molecule has 1 saturated heterocycles. The average molecular weight is 409 g/mol. The number of ether oxygens (including phenoxy) is 1. The molecule has 4 nitrogen and oxygen atoms in total. The number of benzene rings is 1. The molecule has 29 heavy (non-hydrogen) atoms. The van der Waals surface area contributed by atoms with E-state index in [1.807, 2.05) is 30.3 Å². The highest BCUT2D eigenvalue weighted by atomic mass is 19.4. The fraction of sp³-hybridized carbons (Fsp3) is 0.429. The molecule has 3 atom stereocenters. The Balaban J connectivity index is 1.63. The molecule has 0 amide bonds. The minimum atomic E-state index is -4.61. The molecule has 0 bridgehead atoms. The van der Waals surface area contributed by atoms with Crippen molar-refractivity contribution in [2.24, 2.45) is 0 Å². The predicted octanol–water partition coefficient (Wildman–Crippen LogP) is 4.14. The van der Waals surface area contributed by atoms with Gasteiger partial charge in [0, 0.05) is 25.4 Å². The van der Waals surface area contributed by atoms with Crippen molar-refractivity contribution in [3.05, 3.63) is 70.8 Å². The third-order valence-electron chi connectivity index (χ3n) is 4.83. The molecule has 2 aromatic rings. The molecule has 1 aromatic carbocycles. The number of rotatable bonds is 7. The molecular formula is C21H23F4N3O. The van der Waals surface area contributed by atoms with Crippen LogP contribution in [0.4, 0.5) is 17.6 Å². The maximum atomic E-state index is 13.3. The van der Waals surface area contributed by atoms with Gasteiger partial charge in [-0.15, -0.1) is 0 Å². The number of nitrogens with one attached hydrogen (secondary N) is 1. The zero-order chi connectivity index (χ0) is 21.0. The Morgan fingerprint density at radius 1 is 1.21 bits per heavy atom. The van der Waals surface area contributed by atoms with Crippen molar-refractivity contribution in [3.8, 4) is 0 Å². The third kappa shape index (κ3) is 5.61. The number of hydrogen-bond acceptors (Lipinski definition) is 4. The molecule has 1 N–H and O–H groups in total. The molecule has 0 saturated carbocycles. The van der Waals surface area contributed by atoms with E-state index in [1.165, 1.54) is 20.1 Å². The number of halogens is 4. The lowest BCUT2D eigenvalue weighted by atomic mass is 9.95. The van der Waals surface area contributed by atoms with Gasteiger partial charge in [-0.05, 0) is 37.0 Å². The summed E-state index contributed by atoms with van der Waals surface area (Å²) in [7, 11) is 1.42. The highest BCUT2D eigenvalue weighted by Gasteiger charge is 2.35. The summed E-state index contributed by atoms with van der Waals surface area (Å²) in [5, 5.41) is 3.06. The van der Waals surface area contributed by atoms with Crippen LogP contribution in [0, 0.1) is 6.92 Å². The van der Waals surface area contributed by atoms with Crippen LogP contribution >= 0.6 is 0 Å². The van der Waals surface area contributed by atoms with Gasteiger partial charge in [0.05, 0.1) is 5.69 Å². The number of aryl methyl sites for hydroxylation is 1. The van der Waals surface area contributed by atoms with Crippen molar-refractivity contribution >= 4 is 0 Å². The van der Waals surface area contributed by atoms with Gasteiger partial charge in [0.1, 0.15) is 12.3 Å². The summed E-state index contributed by atoms with van der Waals surface area (Å²) in [5.41, 5.74) is 2.48. The summed E-state index contributed by atoms with van der Waals surface area (Å²) < 4.78 is 57.4. The van der Waals surface area contributed by atoms with Crippen LogP contribution in [-0.4, -0.2) is 35.8 Å². The molecular weight excluding hydrogens is 386 g/mol. The fourth-order valence-electron chi connectivity index (χ4n) is 3.13. The van der Waals surface area contributed by atoms with Crippen molar-refractivity contribution in [1.29, 1.82) is 0 Å². The lowest BCUT2D eigenvalue weighted by Crippen LogP contribution is -2.55. The van der Waals surface area contributed by atoms with Crippen LogP contribution in [0.5, 0.6) is 0 Å². The molecule has 1 aliphatic heterocycles. The van der Waals surface area contributed by atoms with Crippen LogP contribution in [0.1, 0.15) is 34.4 Å². The molecule has 8 heteroatoms. The Morgan fingerprint density at radius 2 is 1.90 bits per heavy atom. The molecule has 2 heterocycles. The van der Waals surface area contributed by atoms with Crippen molar-refractivity contribution in [2.75, 3.05) is 13.7 Å². The van der Waals surface area contributed by atoms with Gasteiger partial charge < -0.3 is 10.1 Å². The van der Waals surface area contributed by atoms with E-state index in [9.17, 15) is 17.6 Å². The van der Waals surface area contributed by atoms with Crippen molar-refractivity contribution in [3.63, 3.8) is 0 Å². The monoisotopic (exact) mass is 409 g/mol. The normalized spacial score (nSPS) is 20.6. The molecule has 0 radical (unpaired) electrons. The summed E-state index contributed by atoms with van der Waals surface area (Å²) in [6.07, 6.45) is -1.35. The second-order valence-electron chi connectivity index (χ2n) is 7.10. The quantitative estimate of drug-likeness (QED) is 0.552. The first-order chi connectivity index (χ1) is 13.8. The summed E-state index contributed by atoms with van der Waals surface area (Å²) in [6, 6.07) is 9.23. The predicted molar refractivity (Wildman–Crippen MR) is 101 cm³/mol. The zero-order valence-electron chi connectivity index (χ0n) is 16.2. The van der Waals surface area contributed by atoms with Crippen molar-refractivity contribution in [2.45, 2.75) is 44.3 Å². The molecule has 3 rings (SSSR count). The third-order valence-corrected chi connectivity index (χ3v) is 4.83. The van der Waals surface area contributed by atoms with Crippen LogP contribution in [0.2, 0.25) is 0 Å². The SMILES string of the molecule is COC(/C=C/Cc1ccc(C[C@H]2NC[C@H]2F)cc1)c1cc(C)nc(C(F)(F)F)n1. The molecule has 0 aliphatic carbocycles. The highest BCUT2D eigenvalue weighted by molar-refractivity contribution is 5.26. The number of alkyl halides is 4. The van der Waals surface area contributed by atoms with E-state index >= 15 is 0 Å². The molecule has 156 valence electrons. The molecule has 1 aromatic heterocycles. The van der Waals surface area contributed by atoms with E-state index in [4.69, 9.17) is 4.74 Å². The minimum absolute atomic E-state index is 0.110. The molecule has 1 fully saturated rings. The summed E-state index contributed by atoms with van der Waals surface area (Å²) >= 11 is 0. The maximum absolute atomic E-state index is 13.3. The Morgan fingerprint density at radius 3 is 2.45 bits per heavy atom. The van der Waals surface area contributed by atoms with Crippen LogP contribution in [0.25, 0.3) is 0 Å². The smallest absolute Gasteiger partial charge is 0.371 e. The second kappa shape index (κ2) is 9.00. The number of nitrogens with zero attached hydrogens (tertiary/aromatic N) is 2. The average Bonchev–Trinajstić information content (AvgIpc) is 2.68. The number of aromatic nitrogens is 2. The van der Waals surface area contributed by atoms with E-state index in [0.29, 0.717) is 19.4 Å². The first kappa shape index (κ1) is 21.4. The standard InChI is InChI=1S/C21H23F4N3O/c1-13-10-18(28-20(27-13)21(23,24)25)19(29-2)5-3-4-14-6-8-15(9-7-14)11-17-16(22)12-26-17/h3,5-10,16-17,19,26H,4,11-12H2,1-2H3/b5-3+/t16-,17-,19?/m1/s1. The topological polar surface area (TPSA) is 47.0 Å². The van der Waals surface area contributed by atoms with Crippen LogP contribution in [0.3, 0.4) is 0 Å². The first-order valence-corrected chi connectivity index (χ1v) is 9.34. The Kier molecular flexibility index (Phi) is 6.64. The van der Waals surface area contributed by atoms with E-state index < -0.39 is 24.3 Å². The molecule has 1 unspecified atom stereocenters. The van der Waals surface area contributed by atoms with Gasteiger partial charge in [-0.3, -0.25) is 0 Å². The van der Waals surface area contributed by atoms with Gasteiger partial charge in [0.25, 0.3) is 0 Å². The lowest BCUT2D eigenvalue weighted by molar-refractivity contribution is -0.145. The fourth-order valence-corrected chi connectivity index (χ4v) is 3.13. The summed E-state index contributed by atoms with van der Waals surface area (Å²) in [5.74, 6) is -1.17. The van der Waals surface area contributed by atoms with E-state index in [2.05, 4.69) is 15.3 Å². The zero-order valence-corrected chi connectivity index (χ0v) is 16.2. The van der Waals surface area contributed by atoms with Crippen LogP contribution < -0.4 is 5.32 Å². The Bertz CT molecular complexity index is 852. The summed E-state index contributed by atoms with van der Waals surface area (Å²) in [6.45, 7) is 1.91. The van der Waals surface area contributed by atoms with Gasteiger partial charge in [-0.1, -0.05) is 36.4 Å². The van der Waals surface area contributed by atoms with E-state index in [-0.39, 0.29) is 17.4 Å². The largest absolute Gasteiger partial charge is 0.451 e. The number of methoxy groups -OCH3 is 1. The van der Waals surface area contributed by atoms with Gasteiger partial charge in [-0.25, -0.2) is 14.4 Å². The van der Waals surface area contributed by atoms with E-state index in [0.717, 1.165) is 11.1 Å². The van der Waals surface area contributed by atoms with Gasteiger partial charge >= 0.3 is 6.18 Å². The molecule has 1 aliphatic rings. The Hall–Kier alpha value is -2.32. The van der Waals surface area contributed by atoms with Crippen LogP contribution in [0.15, 0.2) is 42.5 Å². The van der Waals surface area contributed by atoms with Gasteiger partial charge in [0.2, 0.25) is 5.82 Å². The summed E-state index contributed by atoms with van der Waals surface area (Å²) in [4.78, 5) is 7.06. The maximum Gasteiger partial charge on any atom is 0.451 e. The van der Waals surface area contributed by atoms with Crippen molar-refractivity contribution in [1.82, 2.24) is 15.3 Å². The van der Waals surface area contributed by atoms with E-state index in [1.54, 1.807) is 6.08 Å². The number of allylic oxidation sites excluding steroid dienone is 1. The number of hydrogen-bond donors (Lipinski definition) is 1. The highest BCUT2D eigenvalue weighted by Crippen LogP contribution is 2.28. The molecule has 0 spiro atoms. The van der Waals surface area contributed by atoms with Gasteiger partial charge in [0.15, 0.2) is 0 Å². The van der Waals surface area contributed by atoms with Gasteiger partial charge in [-0.2, -0.15) is 13.2 Å².